The maximum Gasteiger partial charge on any atom is 0.270 e. The number of halogens is 2. The van der Waals surface area contributed by atoms with Gasteiger partial charge < -0.3 is 0 Å². The molecule has 0 radical (unpaired) electrons. The van der Waals surface area contributed by atoms with Crippen LogP contribution in [-0.4, -0.2) is 10.6 Å². The molecule has 0 bridgehead atoms. The predicted molar refractivity (Wildman–Crippen MR) is 71.7 cm³/mol. The molecule has 0 fully saturated rings. The van der Waals surface area contributed by atoms with Gasteiger partial charge in [0.05, 0.1) is 4.47 Å². The quantitative estimate of drug-likeness (QED) is 0.906. The number of hydrogen-bond acceptors (Lipinski definition) is 1. The maximum absolute atomic E-state index is 13.3. The fraction of sp³-hybridized carbons (Fsp3) is 0.154. The number of aromatic nitrogens is 1. The molecule has 0 aliphatic heterocycles. The van der Waals surface area contributed by atoms with Crippen LogP contribution >= 0.6 is 15.9 Å². The van der Waals surface area contributed by atoms with Gasteiger partial charge in [0.2, 0.25) is 0 Å². The SMILES string of the molecule is Cc1ccc(C)n1NC(=O)c1ccc(Br)c(F)c1. The normalized spacial score (nSPS) is 10.4. The molecule has 1 N–H and O–H groups in total. The maximum atomic E-state index is 13.3. The topological polar surface area (TPSA) is 34.0 Å². The van der Waals surface area contributed by atoms with Gasteiger partial charge in [0.15, 0.2) is 0 Å². The molecule has 0 saturated carbocycles. The summed E-state index contributed by atoms with van der Waals surface area (Å²) < 4.78 is 15.4. The van der Waals surface area contributed by atoms with Gasteiger partial charge in [0, 0.05) is 17.0 Å². The summed E-state index contributed by atoms with van der Waals surface area (Å²) in [4.78, 5) is 12.0. The number of aryl methyl sites for hydroxylation is 2. The van der Waals surface area contributed by atoms with E-state index in [1.807, 2.05) is 26.0 Å². The third kappa shape index (κ3) is 2.46. The highest BCUT2D eigenvalue weighted by atomic mass is 79.9. The number of nitrogens with zero attached hydrogens (tertiary/aromatic N) is 1. The third-order valence-corrected chi connectivity index (χ3v) is 3.31. The van der Waals surface area contributed by atoms with E-state index in [2.05, 4.69) is 21.4 Å². The minimum Gasteiger partial charge on any atom is -0.267 e. The lowest BCUT2D eigenvalue weighted by Gasteiger charge is -2.11. The van der Waals surface area contributed by atoms with Gasteiger partial charge in [0.1, 0.15) is 5.82 Å². The van der Waals surface area contributed by atoms with Crippen LogP contribution in [0.15, 0.2) is 34.8 Å². The van der Waals surface area contributed by atoms with E-state index < -0.39 is 5.82 Å². The summed E-state index contributed by atoms with van der Waals surface area (Å²) >= 11 is 3.05. The zero-order valence-corrected chi connectivity index (χ0v) is 11.6. The van der Waals surface area contributed by atoms with Crippen LogP contribution in [0, 0.1) is 19.7 Å². The van der Waals surface area contributed by atoms with Crippen molar-refractivity contribution in [2.24, 2.45) is 0 Å². The molecule has 5 heteroatoms. The second-order valence-corrected chi connectivity index (χ2v) is 4.88. The lowest BCUT2D eigenvalue weighted by Crippen LogP contribution is -2.24. The molecular formula is C13H12BrFN2O. The van der Waals surface area contributed by atoms with Crippen molar-refractivity contribution in [2.75, 3.05) is 5.43 Å². The Morgan fingerprint density at radius 1 is 1.22 bits per heavy atom. The number of carbonyl (C=O) groups excluding carboxylic acids is 1. The Hall–Kier alpha value is -1.62. The highest BCUT2D eigenvalue weighted by Gasteiger charge is 2.10. The van der Waals surface area contributed by atoms with Crippen molar-refractivity contribution in [1.82, 2.24) is 4.68 Å². The molecule has 0 aliphatic carbocycles. The van der Waals surface area contributed by atoms with Crippen LogP contribution in [0.4, 0.5) is 4.39 Å². The van der Waals surface area contributed by atoms with Gasteiger partial charge in [-0.25, -0.2) is 4.39 Å². The van der Waals surface area contributed by atoms with E-state index in [9.17, 15) is 9.18 Å². The Morgan fingerprint density at radius 2 is 1.83 bits per heavy atom. The van der Waals surface area contributed by atoms with Crippen LogP contribution in [0.1, 0.15) is 21.7 Å². The third-order valence-electron chi connectivity index (χ3n) is 2.67. The van der Waals surface area contributed by atoms with E-state index in [1.54, 1.807) is 10.7 Å². The summed E-state index contributed by atoms with van der Waals surface area (Å²) in [5.41, 5.74) is 4.83. The van der Waals surface area contributed by atoms with Crippen LogP contribution in [0.2, 0.25) is 0 Å². The summed E-state index contributed by atoms with van der Waals surface area (Å²) in [6.07, 6.45) is 0. The molecule has 1 amide bonds. The van der Waals surface area contributed by atoms with Crippen molar-refractivity contribution in [3.05, 3.63) is 57.6 Å². The van der Waals surface area contributed by atoms with Crippen LogP contribution in [-0.2, 0) is 0 Å². The molecule has 3 nitrogen and oxygen atoms in total. The van der Waals surface area contributed by atoms with Gasteiger partial charge in [-0.05, 0) is 60.1 Å². The van der Waals surface area contributed by atoms with Crippen molar-refractivity contribution in [1.29, 1.82) is 0 Å². The zero-order chi connectivity index (χ0) is 13.3. The molecule has 1 aromatic carbocycles. The first-order chi connectivity index (χ1) is 8.49. The minimum atomic E-state index is -0.455. The van der Waals surface area contributed by atoms with Gasteiger partial charge in [-0.2, -0.15) is 0 Å². The molecule has 0 atom stereocenters. The van der Waals surface area contributed by atoms with Crippen molar-refractivity contribution >= 4 is 21.8 Å². The van der Waals surface area contributed by atoms with Crippen molar-refractivity contribution in [3.63, 3.8) is 0 Å². The zero-order valence-electron chi connectivity index (χ0n) is 10.00. The van der Waals surface area contributed by atoms with Crippen LogP contribution < -0.4 is 5.43 Å². The number of rotatable bonds is 2. The molecule has 0 saturated heterocycles. The number of hydrogen-bond donors (Lipinski definition) is 1. The first kappa shape index (κ1) is 12.8. The largest absolute Gasteiger partial charge is 0.270 e. The first-order valence-electron chi connectivity index (χ1n) is 5.40. The summed E-state index contributed by atoms with van der Waals surface area (Å²) in [6.45, 7) is 3.77. The monoisotopic (exact) mass is 310 g/mol. The summed E-state index contributed by atoms with van der Waals surface area (Å²) in [5.74, 6) is -0.799. The first-order valence-corrected chi connectivity index (χ1v) is 6.19. The smallest absolute Gasteiger partial charge is 0.267 e. The van der Waals surface area contributed by atoms with Gasteiger partial charge >= 0.3 is 0 Å². The molecule has 0 aliphatic rings. The van der Waals surface area contributed by atoms with Crippen LogP contribution in [0.25, 0.3) is 0 Å². The average Bonchev–Trinajstić information content (AvgIpc) is 2.64. The van der Waals surface area contributed by atoms with E-state index in [0.717, 1.165) is 11.4 Å². The van der Waals surface area contributed by atoms with E-state index in [0.29, 0.717) is 4.47 Å². The second kappa shape index (κ2) is 4.94. The number of nitrogens with one attached hydrogen (secondary N) is 1. The predicted octanol–water partition coefficient (Wildman–Crippen LogP) is 3.39. The highest BCUT2D eigenvalue weighted by molar-refractivity contribution is 9.10. The molecule has 2 rings (SSSR count). The number of amides is 1. The molecule has 1 heterocycles. The summed E-state index contributed by atoms with van der Waals surface area (Å²) in [5, 5.41) is 0. The molecule has 2 aromatic rings. The molecule has 94 valence electrons. The van der Waals surface area contributed by atoms with E-state index >= 15 is 0 Å². The fourth-order valence-electron chi connectivity index (χ4n) is 1.65. The molecule has 18 heavy (non-hydrogen) atoms. The molecule has 0 spiro atoms. The second-order valence-electron chi connectivity index (χ2n) is 4.02. The van der Waals surface area contributed by atoms with E-state index in [-0.39, 0.29) is 11.5 Å². The summed E-state index contributed by atoms with van der Waals surface area (Å²) in [7, 11) is 0. The number of carbonyl (C=O) groups is 1. The van der Waals surface area contributed by atoms with Crippen molar-refractivity contribution in [3.8, 4) is 0 Å². The molecule has 1 aromatic heterocycles. The average molecular weight is 311 g/mol. The Kier molecular flexibility index (Phi) is 3.52. The van der Waals surface area contributed by atoms with Gasteiger partial charge in [0.25, 0.3) is 5.91 Å². The fourth-order valence-corrected chi connectivity index (χ4v) is 1.89. The number of benzene rings is 1. The van der Waals surface area contributed by atoms with Gasteiger partial charge in [-0.15, -0.1) is 0 Å². The lowest BCUT2D eigenvalue weighted by molar-refractivity contribution is 0.101. The Bertz CT molecular complexity index is 588. The lowest BCUT2D eigenvalue weighted by atomic mass is 10.2. The van der Waals surface area contributed by atoms with Crippen LogP contribution in [0.3, 0.4) is 0 Å². The van der Waals surface area contributed by atoms with Crippen molar-refractivity contribution in [2.45, 2.75) is 13.8 Å². The summed E-state index contributed by atoms with van der Waals surface area (Å²) in [6, 6.07) is 8.08. The minimum absolute atomic E-state index is 0.281. The van der Waals surface area contributed by atoms with Gasteiger partial charge in [-0.3, -0.25) is 14.9 Å². The van der Waals surface area contributed by atoms with E-state index in [1.165, 1.54) is 12.1 Å². The Labute approximate surface area is 113 Å². The van der Waals surface area contributed by atoms with E-state index in [4.69, 9.17) is 0 Å². The highest BCUT2D eigenvalue weighted by Crippen LogP contribution is 2.16. The molecule has 0 unspecified atom stereocenters. The van der Waals surface area contributed by atoms with Gasteiger partial charge in [-0.1, -0.05) is 0 Å². The standard InChI is InChI=1S/C13H12BrFN2O/c1-8-3-4-9(2)17(8)16-13(18)10-5-6-11(14)12(15)7-10/h3-7H,1-2H3,(H,16,18). The Balaban J connectivity index is 2.25. The molecular weight excluding hydrogens is 299 g/mol. The van der Waals surface area contributed by atoms with Crippen LogP contribution in [0.5, 0.6) is 0 Å². The van der Waals surface area contributed by atoms with Crippen molar-refractivity contribution < 1.29 is 9.18 Å². The Morgan fingerprint density at radius 3 is 2.39 bits per heavy atom.